The molecule has 0 aliphatic carbocycles. The smallest absolute Gasteiger partial charge is 0.124 e. The van der Waals surface area contributed by atoms with Crippen LogP contribution in [0.3, 0.4) is 0 Å². The van der Waals surface area contributed by atoms with Crippen LogP contribution in [0.4, 0.5) is 10.1 Å². The molecule has 1 N–H and O–H groups in total. The second-order valence-electron chi connectivity index (χ2n) is 4.48. The quantitative estimate of drug-likeness (QED) is 0.919. The van der Waals surface area contributed by atoms with Gasteiger partial charge in [-0.15, -0.1) is 0 Å². The number of benzene rings is 1. The molecule has 0 aromatic heterocycles. The van der Waals surface area contributed by atoms with Crippen LogP contribution in [0.2, 0.25) is 0 Å². The number of piperidine rings is 1. The lowest BCUT2D eigenvalue weighted by Crippen LogP contribution is -2.38. The van der Waals surface area contributed by atoms with Gasteiger partial charge in [-0.25, -0.2) is 4.39 Å². The normalized spacial score (nSPS) is 18.3. The predicted molar refractivity (Wildman–Crippen MR) is 72.9 cm³/mol. The highest BCUT2D eigenvalue weighted by molar-refractivity contribution is 9.10. The summed E-state index contributed by atoms with van der Waals surface area (Å²) < 4.78 is 13.8. The van der Waals surface area contributed by atoms with Gasteiger partial charge in [0.1, 0.15) is 5.82 Å². The highest BCUT2D eigenvalue weighted by Crippen LogP contribution is 2.25. The first-order chi connectivity index (χ1) is 8.19. The van der Waals surface area contributed by atoms with Crippen LogP contribution in [0, 0.1) is 5.82 Å². The third-order valence-electron chi connectivity index (χ3n) is 3.33. The van der Waals surface area contributed by atoms with E-state index in [4.69, 9.17) is 0 Å². The summed E-state index contributed by atoms with van der Waals surface area (Å²) in [5, 5.41) is 3.48. The lowest BCUT2D eigenvalue weighted by molar-refractivity contribution is 0.229. The Labute approximate surface area is 110 Å². The highest BCUT2D eigenvalue weighted by Gasteiger charge is 2.18. The summed E-state index contributed by atoms with van der Waals surface area (Å²) in [5.74, 6) is -0.205. The Balaban J connectivity index is 1.93. The molecule has 0 bridgehead atoms. The summed E-state index contributed by atoms with van der Waals surface area (Å²) in [7, 11) is 0. The molecule has 0 atom stereocenters. The van der Waals surface area contributed by atoms with Gasteiger partial charge in [-0.1, -0.05) is 6.92 Å². The van der Waals surface area contributed by atoms with E-state index < -0.39 is 0 Å². The van der Waals surface area contributed by atoms with Crippen molar-refractivity contribution in [2.75, 3.05) is 25.0 Å². The fourth-order valence-corrected chi connectivity index (χ4v) is 2.69. The van der Waals surface area contributed by atoms with Crippen molar-refractivity contribution in [3.8, 4) is 0 Å². The van der Waals surface area contributed by atoms with Crippen LogP contribution in [-0.4, -0.2) is 30.6 Å². The van der Waals surface area contributed by atoms with Gasteiger partial charge in [-0.05, 0) is 53.5 Å². The molecule has 1 saturated heterocycles. The predicted octanol–water partition coefficient (Wildman–Crippen LogP) is 3.48. The van der Waals surface area contributed by atoms with Crippen LogP contribution in [0.1, 0.15) is 19.8 Å². The Morgan fingerprint density at radius 1 is 1.41 bits per heavy atom. The zero-order valence-electron chi connectivity index (χ0n) is 10.0. The van der Waals surface area contributed by atoms with Crippen molar-refractivity contribution in [1.82, 2.24) is 4.90 Å². The molecule has 1 aliphatic rings. The Hall–Kier alpha value is -0.610. The minimum Gasteiger partial charge on any atom is -0.381 e. The fraction of sp³-hybridized carbons (Fsp3) is 0.538. The van der Waals surface area contributed by atoms with E-state index in [9.17, 15) is 4.39 Å². The molecule has 0 unspecified atom stereocenters. The van der Waals surface area contributed by atoms with Gasteiger partial charge in [0.05, 0.1) is 0 Å². The van der Waals surface area contributed by atoms with Crippen LogP contribution < -0.4 is 5.32 Å². The first-order valence-corrected chi connectivity index (χ1v) is 6.92. The molecular weight excluding hydrogens is 283 g/mol. The van der Waals surface area contributed by atoms with Crippen molar-refractivity contribution in [2.45, 2.75) is 25.8 Å². The third kappa shape index (κ3) is 3.42. The molecule has 17 heavy (non-hydrogen) atoms. The topological polar surface area (TPSA) is 15.3 Å². The molecule has 0 spiro atoms. The van der Waals surface area contributed by atoms with E-state index in [-0.39, 0.29) is 5.82 Å². The van der Waals surface area contributed by atoms with E-state index >= 15 is 0 Å². The van der Waals surface area contributed by atoms with Crippen LogP contribution in [0.15, 0.2) is 22.7 Å². The van der Waals surface area contributed by atoms with Crippen molar-refractivity contribution < 1.29 is 4.39 Å². The molecule has 2 nitrogen and oxygen atoms in total. The summed E-state index contributed by atoms with van der Waals surface area (Å²) in [4.78, 5) is 2.46. The monoisotopic (exact) mass is 300 g/mol. The zero-order valence-corrected chi connectivity index (χ0v) is 11.6. The standard InChI is InChI=1S/C13H18BrFN2/c1-2-17-7-5-11(6-8-17)16-13-4-3-10(15)9-12(13)14/h3-4,9,11,16H,2,5-8H2,1H3. The lowest BCUT2D eigenvalue weighted by Gasteiger charge is -2.32. The Bertz CT molecular complexity index is 376. The van der Waals surface area contributed by atoms with Gasteiger partial charge in [0.25, 0.3) is 0 Å². The van der Waals surface area contributed by atoms with Crippen molar-refractivity contribution in [3.05, 3.63) is 28.5 Å². The number of anilines is 1. The number of hydrogen-bond donors (Lipinski definition) is 1. The average Bonchev–Trinajstić information content (AvgIpc) is 2.34. The van der Waals surface area contributed by atoms with E-state index in [1.807, 2.05) is 0 Å². The molecule has 1 aliphatic heterocycles. The highest BCUT2D eigenvalue weighted by atomic mass is 79.9. The molecule has 4 heteroatoms. The lowest BCUT2D eigenvalue weighted by atomic mass is 10.0. The van der Waals surface area contributed by atoms with Crippen molar-refractivity contribution in [3.63, 3.8) is 0 Å². The Kier molecular flexibility index (Phi) is 4.40. The van der Waals surface area contributed by atoms with Gasteiger partial charge in [-0.3, -0.25) is 0 Å². The maximum Gasteiger partial charge on any atom is 0.124 e. The van der Waals surface area contributed by atoms with Gasteiger partial charge in [0, 0.05) is 29.3 Å². The first-order valence-electron chi connectivity index (χ1n) is 6.13. The number of nitrogens with zero attached hydrogens (tertiary/aromatic N) is 1. The summed E-state index contributed by atoms with van der Waals surface area (Å²) in [6, 6.07) is 5.29. The maximum absolute atomic E-state index is 13.0. The molecule has 0 radical (unpaired) electrons. The number of nitrogens with one attached hydrogen (secondary N) is 1. The van der Waals surface area contributed by atoms with Crippen molar-refractivity contribution >= 4 is 21.6 Å². The van der Waals surface area contributed by atoms with Gasteiger partial charge >= 0.3 is 0 Å². The van der Waals surface area contributed by atoms with Crippen LogP contribution in [0.25, 0.3) is 0 Å². The van der Waals surface area contributed by atoms with Gasteiger partial charge in [-0.2, -0.15) is 0 Å². The van der Waals surface area contributed by atoms with Gasteiger partial charge in [0.2, 0.25) is 0 Å². The number of rotatable bonds is 3. The van der Waals surface area contributed by atoms with Crippen molar-refractivity contribution in [1.29, 1.82) is 0 Å². The molecule has 1 fully saturated rings. The van der Waals surface area contributed by atoms with E-state index in [2.05, 4.69) is 33.1 Å². The summed E-state index contributed by atoms with van der Waals surface area (Å²) >= 11 is 3.39. The Morgan fingerprint density at radius 2 is 2.12 bits per heavy atom. The molecular formula is C13H18BrFN2. The number of halogens is 2. The minimum atomic E-state index is -0.205. The summed E-state index contributed by atoms with van der Waals surface area (Å²) in [6.07, 6.45) is 2.30. The van der Waals surface area contributed by atoms with Crippen molar-refractivity contribution in [2.24, 2.45) is 0 Å². The largest absolute Gasteiger partial charge is 0.381 e. The van der Waals surface area contributed by atoms with Crippen LogP contribution in [0.5, 0.6) is 0 Å². The number of hydrogen-bond acceptors (Lipinski definition) is 2. The number of likely N-dealkylation sites (tertiary alicyclic amines) is 1. The third-order valence-corrected chi connectivity index (χ3v) is 3.98. The van der Waals surface area contributed by atoms with Crippen LogP contribution in [-0.2, 0) is 0 Å². The molecule has 1 aromatic rings. The van der Waals surface area contributed by atoms with E-state index in [0.717, 1.165) is 42.6 Å². The van der Waals surface area contributed by atoms with Crippen LogP contribution >= 0.6 is 15.9 Å². The van der Waals surface area contributed by atoms with E-state index in [0.29, 0.717) is 6.04 Å². The SMILES string of the molecule is CCN1CCC(Nc2ccc(F)cc2Br)CC1. The fourth-order valence-electron chi connectivity index (χ4n) is 2.22. The summed E-state index contributed by atoms with van der Waals surface area (Å²) in [6.45, 7) is 5.62. The Morgan fingerprint density at radius 3 is 2.71 bits per heavy atom. The minimum absolute atomic E-state index is 0.205. The van der Waals surface area contributed by atoms with E-state index in [1.54, 1.807) is 6.07 Å². The molecule has 1 heterocycles. The molecule has 94 valence electrons. The molecule has 0 saturated carbocycles. The first kappa shape index (κ1) is 12.8. The van der Waals surface area contributed by atoms with Gasteiger partial charge < -0.3 is 10.2 Å². The average molecular weight is 301 g/mol. The second-order valence-corrected chi connectivity index (χ2v) is 5.33. The zero-order chi connectivity index (χ0) is 12.3. The second kappa shape index (κ2) is 5.83. The molecule has 2 rings (SSSR count). The molecule has 0 amide bonds. The molecule has 1 aromatic carbocycles. The summed E-state index contributed by atoms with van der Waals surface area (Å²) in [5.41, 5.74) is 0.987. The maximum atomic E-state index is 13.0. The van der Waals surface area contributed by atoms with E-state index in [1.165, 1.54) is 12.1 Å². The van der Waals surface area contributed by atoms with Gasteiger partial charge in [0.15, 0.2) is 0 Å².